The van der Waals surface area contributed by atoms with Gasteiger partial charge in [-0.2, -0.15) is 0 Å². The molecule has 3 aromatic carbocycles. The van der Waals surface area contributed by atoms with Gasteiger partial charge in [-0.1, -0.05) is 75.9 Å². The first kappa shape index (κ1) is 30.0. The number of carbonyl (C=O) groups excluding carboxylic acids is 1. The van der Waals surface area contributed by atoms with Gasteiger partial charge in [-0.05, 0) is 59.9 Å². The molecule has 4 rings (SSSR count). The van der Waals surface area contributed by atoms with Gasteiger partial charge in [0.25, 0.3) is 0 Å². The Labute approximate surface area is 235 Å². The van der Waals surface area contributed by atoms with E-state index >= 15 is 0 Å². The van der Waals surface area contributed by atoms with Crippen molar-refractivity contribution in [2.45, 2.75) is 40.7 Å². The normalized spacial score (nSPS) is 10.6. The third kappa shape index (κ3) is 8.21. The fourth-order valence-corrected chi connectivity index (χ4v) is 3.87. The van der Waals surface area contributed by atoms with Crippen LogP contribution in [0.4, 0.5) is 0 Å². The standard InChI is InChI=1S/C32H30O6.C2H6/c1-4-24-10-6-7-11-25(24)14-13-22(3)20-36-26-12-8-9-23(17-26)21-37-27-15-16-28-29(33)19-31(32(34)35-5-2)38-30(28)18-27;1-2/h6-19H,3-5,20-21H2,1-2H3;1-2H3/b14-13-;. The Kier molecular flexibility index (Phi) is 11.3. The van der Waals surface area contributed by atoms with Crippen molar-refractivity contribution in [1.29, 1.82) is 0 Å². The lowest BCUT2D eigenvalue weighted by Crippen LogP contribution is -2.10. The maximum Gasteiger partial charge on any atom is 0.374 e. The Morgan fingerprint density at radius 2 is 1.70 bits per heavy atom. The molecule has 0 unspecified atom stereocenters. The van der Waals surface area contributed by atoms with Crippen LogP contribution in [-0.4, -0.2) is 19.2 Å². The highest BCUT2D eigenvalue weighted by atomic mass is 16.5. The van der Waals surface area contributed by atoms with Gasteiger partial charge in [0.2, 0.25) is 5.76 Å². The maximum atomic E-state index is 12.4. The number of carbonyl (C=O) groups is 1. The highest BCUT2D eigenvalue weighted by Crippen LogP contribution is 2.22. The summed E-state index contributed by atoms with van der Waals surface area (Å²) in [5.41, 5.74) is 4.17. The van der Waals surface area contributed by atoms with Crippen LogP contribution in [0.3, 0.4) is 0 Å². The van der Waals surface area contributed by atoms with Crippen LogP contribution in [0, 0.1) is 0 Å². The minimum atomic E-state index is -0.682. The molecule has 0 fully saturated rings. The second kappa shape index (κ2) is 15.1. The summed E-state index contributed by atoms with van der Waals surface area (Å²) in [7, 11) is 0. The molecule has 4 aromatic rings. The van der Waals surface area contributed by atoms with E-state index < -0.39 is 5.97 Å². The molecule has 0 N–H and O–H groups in total. The summed E-state index contributed by atoms with van der Waals surface area (Å²) in [5, 5.41) is 0.355. The topological polar surface area (TPSA) is 75.0 Å². The second-order valence-corrected chi connectivity index (χ2v) is 8.62. The molecule has 0 amide bonds. The van der Waals surface area contributed by atoms with Gasteiger partial charge in [0.05, 0.1) is 12.0 Å². The SMILES string of the molecule is C=C(/C=C\c1ccccc1CC)COc1cccc(COc2ccc3c(=O)cc(C(=O)OCC)oc3c2)c1.CC. The molecule has 0 aliphatic rings. The third-order valence-corrected chi connectivity index (χ3v) is 5.84. The summed E-state index contributed by atoms with van der Waals surface area (Å²) >= 11 is 0. The van der Waals surface area contributed by atoms with Crippen LogP contribution in [-0.2, 0) is 17.8 Å². The van der Waals surface area contributed by atoms with Crippen molar-refractivity contribution in [3.05, 3.63) is 124 Å². The zero-order chi connectivity index (χ0) is 28.9. The molecule has 40 heavy (non-hydrogen) atoms. The molecular formula is C34H36O6. The van der Waals surface area contributed by atoms with Gasteiger partial charge in [0.15, 0.2) is 5.43 Å². The monoisotopic (exact) mass is 540 g/mol. The maximum absolute atomic E-state index is 12.4. The van der Waals surface area contributed by atoms with Crippen molar-refractivity contribution < 1.29 is 23.4 Å². The number of hydrogen-bond acceptors (Lipinski definition) is 6. The zero-order valence-electron chi connectivity index (χ0n) is 23.6. The minimum Gasteiger partial charge on any atom is -0.489 e. The Hall–Kier alpha value is -4.58. The molecule has 0 spiro atoms. The van der Waals surface area contributed by atoms with Gasteiger partial charge in [-0.15, -0.1) is 0 Å². The Balaban J connectivity index is 0.00000216. The highest BCUT2D eigenvalue weighted by molar-refractivity contribution is 5.89. The molecule has 0 aliphatic carbocycles. The molecule has 0 saturated heterocycles. The average Bonchev–Trinajstić information content (AvgIpc) is 2.99. The minimum absolute atomic E-state index is 0.141. The summed E-state index contributed by atoms with van der Waals surface area (Å²) < 4.78 is 22.4. The summed E-state index contributed by atoms with van der Waals surface area (Å²) in [5.74, 6) is 0.382. The number of rotatable bonds is 11. The lowest BCUT2D eigenvalue weighted by atomic mass is 10.0. The molecule has 6 nitrogen and oxygen atoms in total. The van der Waals surface area contributed by atoms with E-state index in [1.807, 2.05) is 56.3 Å². The number of ether oxygens (including phenoxy) is 3. The first-order valence-corrected chi connectivity index (χ1v) is 13.5. The van der Waals surface area contributed by atoms with Gasteiger partial charge in [0.1, 0.15) is 30.3 Å². The molecule has 0 radical (unpaired) electrons. The highest BCUT2D eigenvalue weighted by Gasteiger charge is 2.14. The van der Waals surface area contributed by atoms with Crippen molar-refractivity contribution >= 4 is 23.0 Å². The first-order valence-electron chi connectivity index (χ1n) is 13.5. The van der Waals surface area contributed by atoms with Crippen molar-refractivity contribution in [1.82, 2.24) is 0 Å². The molecule has 0 aliphatic heterocycles. The molecule has 0 bridgehead atoms. The van der Waals surface area contributed by atoms with E-state index in [2.05, 4.69) is 31.7 Å². The molecule has 208 valence electrons. The second-order valence-electron chi connectivity index (χ2n) is 8.62. The number of aryl methyl sites for hydroxylation is 1. The van der Waals surface area contributed by atoms with Crippen molar-refractivity contribution in [3.63, 3.8) is 0 Å². The summed E-state index contributed by atoms with van der Waals surface area (Å²) in [6.45, 7) is 12.8. The van der Waals surface area contributed by atoms with Crippen LogP contribution in [0.1, 0.15) is 54.9 Å². The van der Waals surface area contributed by atoms with Crippen LogP contribution < -0.4 is 14.9 Å². The van der Waals surface area contributed by atoms with Crippen molar-refractivity contribution in [2.24, 2.45) is 0 Å². The van der Waals surface area contributed by atoms with Gasteiger partial charge in [-0.3, -0.25) is 4.79 Å². The quantitative estimate of drug-likeness (QED) is 0.143. The van der Waals surface area contributed by atoms with Crippen molar-refractivity contribution in [2.75, 3.05) is 13.2 Å². The van der Waals surface area contributed by atoms with E-state index in [0.717, 1.165) is 23.6 Å². The van der Waals surface area contributed by atoms with Gasteiger partial charge in [0, 0.05) is 12.1 Å². The van der Waals surface area contributed by atoms with Crippen LogP contribution in [0.5, 0.6) is 11.5 Å². The number of esters is 1. The smallest absolute Gasteiger partial charge is 0.374 e. The summed E-state index contributed by atoms with van der Waals surface area (Å²) in [6.07, 6.45) is 5.02. The number of benzene rings is 3. The fourth-order valence-electron chi connectivity index (χ4n) is 3.87. The summed E-state index contributed by atoms with van der Waals surface area (Å²) in [6, 6.07) is 21.9. The van der Waals surface area contributed by atoms with E-state index in [1.165, 1.54) is 11.1 Å². The average molecular weight is 541 g/mol. The van der Waals surface area contributed by atoms with E-state index in [9.17, 15) is 9.59 Å². The zero-order valence-corrected chi connectivity index (χ0v) is 23.6. The van der Waals surface area contributed by atoms with Gasteiger partial charge in [-0.25, -0.2) is 4.79 Å². The molecule has 1 aromatic heterocycles. The van der Waals surface area contributed by atoms with Crippen LogP contribution in [0.15, 0.2) is 100 Å². The van der Waals surface area contributed by atoms with Crippen LogP contribution in [0.2, 0.25) is 0 Å². The first-order chi connectivity index (χ1) is 19.5. The van der Waals surface area contributed by atoms with Gasteiger partial charge < -0.3 is 18.6 Å². The van der Waals surface area contributed by atoms with Crippen LogP contribution in [0.25, 0.3) is 17.0 Å². The molecule has 0 atom stereocenters. The third-order valence-electron chi connectivity index (χ3n) is 5.84. The molecular weight excluding hydrogens is 504 g/mol. The summed E-state index contributed by atoms with van der Waals surface area (Å²) in [4.78, 5) is 24.3. The number of fused-ring (bicyclic) bond motifs is 1. The largest absolute Gasteiger partial charge is 0.489 e. The number of hydrogen-bond donors (Lipinski definition) is 0. The predicted octanol–water partition coefficient (Wildman–Crippen LogP) is 7.79. The Morgan fingerprint density at radius 3 is 2.48 bits per heavy atom. The van der Waals surface area contributed by atoms with Crippen LogP contribution >= 0.6 is 0 Å². The Bertz CT molecular complexity index is 1530. The molecule has 6 heteroatoms. The lowest BCUT2D eigenvalue weighted by molar-refractivity contribution is 0.0490. The van der Waals surface area contributed by atoms with Gasteiger partial charge >= 0.3 is 5.97 Å². The van der Waals surface area contributed by atoms with E-state index in [-0.39, 0.29) is 30.0 Å². The Morgan fingerprint density at radius 1 is 0.925 bits per heavy atom. The molecule has 1 heterocycles. The fraction of sp³-hybridized carbons (Fsp3) is 0.235. The molecule has 0 saturated carbocycles. The lowest BCUT2D eigenvalue weighted by Gasteiger charge is -2.10. The van der Waals surface area contributed by atoms with E-state index in [4.69, 9.17) is 18.6 Å². The van der Waals surface area contributed by atoms with E-state index in [0.29, 0.717) is 23.5 Å². The van der Waals surface area contributed by atoms with E-state index in [1.54, 1.807) is 25.1 Å². The van der Waals surface area contributed by atoms with Crippen molar-refractivity contribution in [3.8, 4) is 11.5 Å². The predicted molar refractivity (Wildman–Crippen MR) is 160 cm³/mol.